The van der Waals surface area contributed by atoms with Gasteiger partial charge in [-0.2, -0.15) is 0 Å². The molecule has 150 valence electrons. The number of allylic oxidation sites excluding steroid dienone is 8. The molecule has 0 amide bonds. The minimum Gasteiger partial charge on any atom is -0.0808 e. The molecule has 4 atom stereocenters. The van der Waals surface area contributed by atoms with Gasteiger partial charge < -0.3 is 0 Å². The molecular weight excluding hydrogens is 340 g/mol. The highest BCUT2D eigenvalue weighted by Gasteiger charge is 2.40. The van der Waals surface area contributed by atoms with Gasteiger partial charge in [-0.25, -0.2) is 0 Å². The third kappa shape index (κ3) is 3.61. The molecule has 0 aromatic carbocycles. The van der Waals surface area contributed by atoms with Gasteiger partial charge in [0.2, 0.25) is 0 Å². The lowest BCUT2D eigenvalue weighted by molar-refractivity contribution is 0.169. The van der Waals surface area contributed by atoms with E-state index in [0.717, 1.165) is 23.7 Å². The fourth-order valence-corrected chi connectivity index (χ4v) is 10.1. The van der Waals surface area contributed by atoms with E-state index in [9.17, 15) is 0 Å². The molecule has 1 heteroatoms. The van der Waals surface area contributed by atoms with Crippen LogP contribution in [0.1, 0.15) is 74.1 Å². The van der Waals surface area contributed by atoms with Crippen LogP contribution in [-0.2, 0) is 0 Å². The molecule has 0 spiro atoms. The molecule has 0 aromatic heterocycles. The minimum absolute atomic E-state index is 0.641. The number of rotatable bonds is 4. The Morgan fingerprint density at radius 3 is 2.22 bits per heavy atom. The minimum atomic E-state index is -1.61. The molecule has 0 nitrogen and oxygen atoms in total. The summed E-state index contributed by atoms with van der Waals surface area (Å²) < 4.78 is 0. The molecule has 0 aliphatic heterocycles. The van der Waals surface area contributed by atoms with E-state index in [2.05, 4.69) is 73.7 Å². The van der Waals surface area contributed by atoms with Crippen molar-refractivity contribution in [1.29, 1.82) is 0 Å². The van der Waals surface area contributed by atoms with Gasteiger partial charge in [-0.3, -0.25) is 0 Å². The smallest absolute Gasteiger partial charge is 0.0808 e. The Morgan fingerprint density at radius 2 is 1.67 bits per heavy atom. The summed E-state index contributed by atoms with van der Waals surface area (Å²) in [5.41, 5.74) is 6.62. The summed E-state index contributed by atoms with van der Waals surface area (Å²) in [5.74, 6) is 4.06. The van der Waals surface area contributed by atoms with Crippen LogP contribution in [0.15, 0.2) is 44.8 Å². The predicted molar refractivity (Wildman–Crippen MR) is 123 cm³/mol. The van der Waals surface area contributed by atoms with Gasteiger partial charge in [-0.15, -0.1) is 0 Å². The van der Waals surface area contributed by atoms with Crippen molar-refractivity contribution in [3.63, 3.8) is 0 Å². The monoisotopic (exact) mass is 382 g/mol. The molecule has 1 saturated carbocycles. The Morgan fingerprint density at radius 1 is 1.00 bits per heavy atom. The van der Waals surface area contributed by atoms with Gasteiger partial charge >= 0.3 is 0 Å². The first kappa shape index (κ1) is 20.9. The van der Waals surface area contributed by atoms with Crippen LogP contribution in [0.2, 0.25) is 13.1 Å². The van der Waals surface area contributed by atoms with Crippen LogP contribution in [0.5, 0.6) is 0 Å². The molecule has 1 unspecified atom stereocenters. The molecule has 0 saturated heterocycles. The fraction of sp³-hybridized carbons (Fsp3) is 0.692. The van der Waals surface area contributed by atoms with Crippen molar-refractivity contribution in [2.75, 3.05) is 0 Å². The van der Waals surface area contributed by atoms with E-state index in [1.807, 2.05) is 0 Å². The van der Waals surface area contributed by atoms with Gasteiger partial charge in [-0.05, 0) is 69.6 Å². The summed E-state index contributed by atoms with van der Waals surface area (Å²) in [6.07, 6.45) is 10.8. The van der Waals surface area contributed by atoms with Crippen LogP contribution in [0.3, 0.4) is 0 Å². The van der Waals surface area contributed by atoms with Gasteiger partial charge in [0, 0.05) is 0 Å². The summed E-state index contributed by atoms with van der Waals surface area (Å²) in [4.78, 5) is 0. The molecule has 0 N–H and O–H groups in total. The summed E-state index contributed by atoms with van der Waals surface area (Å²) in [6, 6.07) is 0. The van der Waals surface area contributed by atoms with E-state index >= 15 is 0 Å². The lowest BCUT2D eigenvalue weighted by Gasteiger charge is -2.38. The van der Waals surface area contributed by atoms with Crippen molar-refractivity contribution in [3.8, 4) is 0 Å². The van der Waals surface area contributed by atoms with Gasteiger partial charge in [0.05, 0.1) is 0 Å². The predicted octanol–water partition coefficient (Wildman–Crippen LogP) is 8.04. The van der Waals surface area contributed by atoms with E-state index in [0.29, 0.717) is 5.92 Å². The standard InChI is InChI=1S/C26H42Si/c1-16(2)24-13-10-17(3)14-25(24)22-11-12-23(15-22)27(8,9)26-20(6)18(4)19(5)21(26)7/h12,15-18,24-25H,10-11,13-14H2,1-9H3/t17-,18?,24+,25-/m1/s1. The largest absolute Gasteiger partial charge is 0.112 e. The van der Waals surface area contributed by atoms with Gasteiger partial charge in [0.1, 0.15) is 8.07 Å². The van der Waals surface area contributed by atoms with Gasteiger partial charge in [-0.1, -0.05) is 92.0 Å². The molecule has 3 aliphatic rings. The van der Waals surface area contributed by atoms with Gasteiger partial charge in [0.25, 0.3) is 0 Å². The molecule has 0 aromatic rings. The van der Waals surface area contributed by atoms with E-state index < -0.39 is 8.07 Å². The maximum Gasteiger partial charge on any atom is 0.112 e. The zero-order valence-electron chi connectivity index (χ0n) is 19.4. The maximum atomic E-state index is 2.68. The second-order valence-corrected chi connectivity index (χ2v) is 15.1. The van der Waals surface area contributed by atoms with Crippen molar-refractivity contribution < 1.29 is 0 Å². The topological polar surface area (TPSA) is 0 Å². The summed E-state index contributed by atoms with van der Waals surface area (Å²) >= 11 is 0. The second kappa shape index (κ2) is 7.54. The third-order valence-corrected chi connectivity index (χ3v) is 12.2. The zero-order valence-corrected chi connectivity index (χ0v) is 20.4. The Balaban J connectivity index is 1.90. The quantitative estimate of drug-likeness (QED) is 0.431. The summed E-state index contributed by atoms with van der Waals surface area (Å²) in [7, 11) is -1.61. The van der Waals surface area contributed by atoms with Crippen LogP contribution in [0.25, 0.3) is 0 Å². The van der Waals surface area contributed by atoms with E-state index in [1.165, 1.54) is 25.7 Å². The summed E-state index contributed by atoms with van der Waals surface area (Å²) in [6.45, 7) is 22.1. The molecule has 3 aliphatic carbocycles. The normalized spacial score (nSPS) is 32.5. The zero-order chi connectivity index (χ0) is 20.1. The van der Waals surface area contributed by atoms with Crippen molar-refractivity contribution in [2.24, 2.45) is 29.6 Å². The molecule has 0 bridgehead atoms. The fourth-order valence-electron chi connectivity index (χ4n) is 6.33. The molecule has 27 heavy (non-hydrogen) atoms. The molecule has 1 fully saturated rings. The first-order valence-corrected chi connectivity index (χ1v) is 14.4. The first-order valence-electron chi connectivity index (χ1n) is 11.4. The highest BCUT2D eigenvalue weighted by Crippen LogP contribution is 2.48. The molecule has 3 rings (SSSR count). The summed E-state index contributed by atoms with van der Waals surface area (Å²) in [5, 5.41) is 3.45. The number of hydrogen-bond donors (Lipinski definition) is 0. The average Bonchev–Trinajstić information content (AvgIpc) is 3.16. The average molecular weight is 383 g/mol. The van der Waals surface area contributed by atoms with E-state index in [1.54, 1.807) is 32.7 Å². The molecular formula is C26H42Si. The lowest BCUT2D eigenvalue weighted by Crippen LogP contribution is -2.32. The first-order chi connectivity index (χ1) is 12.6. The molecule has 0 radical (unpaired) electrons. The highest BCUT2D eigenvalue weighted by molar-refractivity contribution is 6.92. The van der Waals surface area contributed by atoms with Crippen molar-refractivity contribution in [2.45, 2.75) is 87.2 Å². The lowest BCUT2D eigenvalue weighted by atomic mass is 9.67. The van der Waals surface area contributed by atoms with E-state index in [4.69, 9.17) is 0 Å². The van der Waals surface area contributed by atoms with E-state index in [-0.39, 0.29) is 0 Å². The van der Waals surface area contributed by atoms with Gasteiger partial charge in [0.15, 0.2) is 0 Å². The van der Waals surface area contributed by atoms with Crippen LogP contribution in [0, 0.1) is 29.6 Å². The Kier molecular flexibility index (Phi) is 5.84. The maximum absolute atomic E-state index is 2.68. The van der Waals surface area contributed by atoms with Crippen molar-refractivity contribution >= 4 is 8.07 Å². The second-order valence-electron chi connectivity index (χ2n) is 10.7. The Hall–Kier alpha value is -0.823. The highest BCUT2D eigenvalue weighted by atomic mass is 28.3. The van der Waals surface area contributed by atoms with Crippen LogP contribution in [-0.4, -0.2) is 8.07 Å². The van der Waals surface area contributed by atoms with Crippen LogP contribution >= 0.6 is 0 Å². The van der Waals surface area contributed by atoms with Crippen LogP contribution in [0.4, 0.5) is 0 Å². The Labute approximate surface area is 169 Å². The molecule has 0 heterocycles. The van der Waals surface area contributed by atoms with Crippen molar-refractivity contribution in [3.05, 3.63) is 44.8 Å². The van der Waals surface area contributed by atoms with Crippen LogP contribution < -0.4 is 0 Å². The van der Waals surface area contributed by atoms with Crippen molar-refractivity contribution in [1.82, 2.24) is 0 Å². The number of hydrogen-bond acceptors (Lipinski definition) is 0. The SMILES string of the molecule is CC1=C(C)C(C)C(C)=C1[Si](C)(C)C1=CCC([C@H]2C[C@H](C)CC[C@H]2C(C)C)=C1. The Bertz CT molecular complexity index is 725. The third-order valence-electron chi connectivity index (χ3n) is 8.40.